The van der Waals surface area contributed by atoms with Crippen LogP contribution >= 0.6 is 0 Å². The molecule has 1 aromatic rings. The zero-order chi connectivity index (χ0) is 15.3. The summed E-state index contributed by atoms with van der Waals surface area (Å²) in [6, 6.07) is 7.57. The Bertz CT molecular complexity index is 423. The largest absolute Gasteiger partial charge is 0.494 e. The lowest BCUT2D eigenvalue weighted by molar-refractivity contribution is -0.137. The van der Waals surface area contributed by atoms with Crippen LogP contribution in [0.25, 0.3) is 6.08 Å². The third-order valence-corrected chi connectivity index (χ3v) is 2.90. The van der Waals surface area contributed by atoms with Gasteiger partial charge in [-0.05, 0) is 50.0 Å². The predicted octanol–water partition coefficient (Wildman–Crippen LogP) is 3.19. The van der Waals surface area contributed by atoms with Gasteiger partial charge in [-0.25, -0.2) is 4.79 Å². The number of ether oxygens (including phenoxy) is 2. The second kappa shape index (κ2) is 10.9. The number of hydrogen-bond acceptors (Lipinski definition) is 4. The topological polar surface area (TPSA) is 55.8 Å². The number of esters is 1. The number of carbonyl (C=O) groups excluding carboxylic acids is 1. The van der Waals surface area contributed by atoms with Crippen LogP contribution in [0, 0.1) is 0 Å². The van der Waals surface area contributed by atoms with Gasteiger partial charge in [0.05, 0.1) is 13.2 Å². The number of carbonyl (C=O) groups is 1. The molecule has 0 aliphatic rings. The van der Waals surface area contributed by atoms with Crippen LogP contribution in [0.2, 0.25) is 0 Å². The second-order valence-corrected chi connectivity index (χ2v) is 4.64. The van der Waals surface area contributed by atoms with E-state index in [9.17, 15) is 4.79 Å². The van der Waals surface area contributed by atoms with Crippen molar-refractivity contribution < 1.29 is 19.4 Å². The van der Waals surface area contributed by atoms with Gasteiger partial charge in [0.15, 0.2) is 0 Å². The van der Waals surface area contributed by atoms with Crippen LogP contribution in [-0.2, 0) is 9.53 Å². The highest BCUT2D eigenvalue weighted by Crippen LogP contribution is 2.14. The van der Waals surface area contributed by atoms with Gasteiger partial charge in [-0.3, -0.25) is 0 Å². The fraction of sp³-hybridized carbons (Fsp3) is 0.471. The van der Waals surface area contributed by atoms with Crippen molar-refractivity contribution in [2.24, 2.45) is 0 Å². The van der Waals surface area contributed by atoms with Gasteiger partial charge < -0.3 is 14.6 Å². The summed E-state index contributed by atoms with van der Waals surface area (Å²) in [4.78, 5) is 11.2. The van der Waals surface area contributed by atoms with E-state index >= 15 is 0 Å². The summed E-state index contributed by atoms with van der Waals surface area (Å²) in [7, 11) is 0. The minimum absolute atomic E-state index is 0.266. The van der Waals surface area contributed by atoms with Crippen molar-refractivity contribution in [2.75, 3.05) is 19.8 Å². The van der Waals surface area contributed by atoms with Gasteiger partial charge in [-0.15, -0.1) is 0 Å². The molecule has 0 spiro atoms. The average molecular weight is 292 g/mol. The molecular formula is C17H24O4. The maximum atomic E-state index is 11.2. The number of unbranched alkanes of at least 4 members (excludes halogenated alkanes) is 3. The van der Waals surface area contributed by atoms with Gasteiger partial charge in [0.1, 0.15) is 5.75 Å². The first-order valence-electron chi connectivity index (χ1n) is 7.45. The summed E-state index contributed by atoms with van der Waals surface area (Å²) in [5, 5.41) is 8.67. The minimum Gasteiger partial charge on any atom is -0.494 e. The van der Waals surface area contributed by atoms with Crippen molar-refractivity contribution in [1.82, 2.24) is 0 Å². The van der Waals surface area contributed by atoms with Gasteiger partial charge in [-0.1, -0.05) is 18.6 Å². The summed E-state index contributed by atoms with van der Waals surface area (Å²) in [6.45, 7) is 3.11. The molecule has 0 heterocycles. The molecular weight excluding hydrogens is 268 g/mol. The van der Waals surface area contributed by atoms with Gasteiger partial charge in [0.2, 0.25) is 0 Å². The molecule has 0 amide bonds. The molecule has 1 rings (SSSR count). The van der Waals surface area contributed by atoms with Crippen molar-refractivity contribution in [3.8, 4) is 5.75 Å². The first-order valence-corrected chi connectivity index (χ1v) is 7.45. The van der Waals surface area contributed by atoms with E-state index in [0.717, 1.165) is 37.0 Å². The lowest BCUT2D eigenvalue weighted by atomic mass is 10.2. The van der Waals surface area contributed by atoms with Crippen LogP contribution in [-0.4, -0.2) is 30.9 Å². The molecule has 116 valence electrons. The van der Waals surface area contributed by atoms with Gasteiger partial charge in [0, 0.05) is 12.7 Å². The number of aliphatic hydroxyl groups excluding tert-OH is 1. The molecule has 0 saturated heterocycles. The van der Waals surface area contributed by atoms with E-state index in [1.807, 2.05) is 24.3 Å². The average Bonchev–Trinajstić information content (AvgIpc) is 2.50. The van der Waals surface area contributed by atoms with Crippen LogP contribution in [0.4, 0.5) is 0 Å². The van der Waals surface area contributed by atoms with E-state index in [2.05, 4.69) is 0 Å². The molecule has 0 atom stereocenters. The molecule has 1 N–H and O–H groups in total. The maximum Gasteiger partial charge on any atom is 0.330 e. The van der Waals surface area contributed by atoms with E-state index in [4.69, 9.17) is 14.6 Å². The molecule has 21 heavy (non-hydrogen) atoms. The monoisotopic (exact) mass is 292 g/mol. The number of hydrogen-bond donors (Lipinski definition) is 1. The molecule has 0 bridgehead atoms. The highest BCUT2D eigenvalue weighted by Gasteiger charge is 1.96. The summed E-state index contributed by atoms with van der Waals surface area (Å²) in [5.74, 6) is 0.492. The molecule has 0 aromatic heterocycles. The Morgan fingerprint density at radius 1 is 1.14 bits per heavy atom. The van der Waals surface area contributed by atoms with Crippen LogP contribution in [0.15, 0.2) is 30.3 Å². The Kier molecular flexibility index (Phi) is 8.96. The zero-order valence-electron chi connectivity index (χ0n) is 12.6. The quantitative estimate of drug-likeness (QED) is 0.409. The molecule has 4 heteroatoms. The lowest BCUT2D eigenvalue weighted by Crippen LogP contribution is -1.98. The molecule has 0 radical (unpaired) electrons. The number of rotatable bonds is 10. The third kappa shape index (κ3) is 8.15. The Morgan fingerprint density at radius 3 is 2.52 bits per heavy atom. The molecule has 0 unspecified atom stereocenters. The third-order valence-electron chi connectivity index (χ3n) is 2.90. The van der Waals surface area contributed by atoms with Crippen molar-refractivity contribution in [3.63, 3.8) is 0 Å². The normalized spacial score (nSPS) is 10.8. The molecule has 1 aromatic carbocycles. The first-order chi connectivity index (χ1) is 10.3. The molecule has 0 saturated carbocycles. The molecule has 4 nitrogen and oxygen atoms in total. The van der Waals surface area contributed by atoms with Gasteiger partial charge in [0.25, 0.3) is 0 Å². The Balaban J connectivity index is 2.28. The van der Waals surface area contributed by atoms with Crippen molar-refractivity contribution >= 4 is 12.0 Å². The highest BCUT2D eigenvalue weighted by molar-refractivity contribution is 5.87. The van der Waals surface area contributed by atoms with Crippen LogP contribution in [0.3, 0.4) is 0 Å². The van der Waals surface area contributed by atoms with Crippen LogP contribution < -0.4 is 4.74 Å². The Hall–Kier alpha value is -1.81. The predicted molar refractivity (Wildman–Crippen MR) is 83.2 cm³/mol. The molecule has 0 aliphatic carbocycles. The molecule has 0 aliphatic heterocycles. The van der Waals surface area contributed by atoms with Crippen LogP contribution in [0.5, 0.6) is 5.75 Å². The smallest absolute Gasteiger partial charge is 0.330 e. The van der Waals surface area contributed by atoms with Crippen molar-refractivity contribution in [1.29, 1.82) is 0 Å². The first kappa shape index (κ1) is 17.2. The van der Waals surface area contributed by atoms with E-state index in [0.29, 0.717) is 13.2 Å². The standard InChI is InChI=1S/C17H24O4/c1-2-20-17(19)12-9-15-7-10-16(11-8-15)21-14-6-4-3-5-13-18/h7-12,18H,2-6,13-14H2,1H3/b12-9+. The summed E-state index contributed by atoms with van der Waals surface area (Å²) in [5.41, 5.74) is 0.929. The highest BCUT2D eigenvalue weighted by atomic mass is 16.5. The minimum atomic E-state index is -0.333. The molecule has 0 fully saturated rings. The van der Waals surface area contributed by atoms with E-state index in [-0.39, 0.29) is 12.6 Å². The van der Waals surface area contributed by atoms with E-state index in [1.165, 1.54) is 6.08 Å². The number of aliphatic hydroxyl groups is 1. The van der Waals surface area contributed by atoms with Gasteiger partial charge in [-0.2, -0.15) is 0 Å². The second-order valence-electron chi connectivity index (χ2n) is 4.64. The van der Waals surface area contributed by atoms with Crippen LogP contribution in [0.1, 0.15) is 38.2 Å². The zero-order valence-corrected chi connectivity index (χ0v) is 12.6. The summed E-state index contributed by atoms with van der Waals surface area (Å²) in [6.07, 6.45) is 7.10. The Morgan fingerprint density at radius 2 is 1.86 bits per heavy atom. The number of benzene rings is 1. The van der Waals surface area contributed by atoms with Crippen molar-refractivity contribution in [3.05, 3.63) is 35.9 Å². The SMILES string of the molecule is CCOC(=O)/C=C/c1ccc(OCCCCCCO)cc1. The summed E-state index contributed by atoms with van der Waals surface area (Å²) < 4.78 is 10.4. The Labute approximate surface area is 126 Å². The van der Waals surface area contributed by atoms with Crippen molar-refractivity contribution in [2.45, 2.75) is 32.6 Å². The maximum absolute atomic E-state index is 11.2. The lowest BCUT2D eigenvalue weighted by Gasteiger charge is -2.06. The fourth-order valence-electron chi connectivity index (χ4n) is 1.79. The van der Waals surface area contributed by atoms with E-state index in [1.54, 1.807) is 13.0 Å². The fourth-order valence-corrected chi connectivity index (χ4v) is 1.79. The van der Waals surface area contributed by atoms with E-state index < -0.39 is 0 Å². The van der Waals surface area contributed by atoms with Gasteiger partial charge >= 0.3 is 5.97 Å². The summed E-state index contributed by atoms with van der Waals surface area (Å²) >= 11 is 0.